The van der Waals surface area contributed by atoms with Gasteiger partial charge < -0.3 is 15.0 Å². The molecule has 0 radical (unpaired) electrons. The van der Waals surface area contributed by atoms with Crippen molar-refractivity contribution in [3.8, 4) is 5.88 Å². The second-order valence-electron chi connectivity index (χ2n) is 6.84. The van der Waals surface area contributed by atoms with Crippen LogP contribution in [-0.4, -0.2) is 28.0 Å². The molecule has 3 rings (SSSR count). The van der Waals surface area contributed by atoms with Crippen molar-refractivity contribution in [3.63, 3.8) is 0 Å². The van der Waals surface area contributed by atoms with Gasteiger partial charge in [0.2, 0.25) is 5.88 Å². The van der Waals surface area contributed by atoms with Crippen LogP contribution in [0.3, 0.4) is 0 Å². The van der Waals surface area contributed by atoms with Crippen LogP contribution in [-0.2, 0) is 11.3 Å². The summed E-state index contributed by atoms with van der Waals surface area (Å²) >= 11 is 0. The molecule has 0 aliphatic carbocycles. The van der Waals surface area contributed by atoms with Crippen molar-refractivity contribution in [2.24, 2.45) is 10.2 Å². The van der Waals surface area contributed by atoms with Gasteiger partial charge in [-0.3, -0.25) is 9.59 Å². The average molecular weight is 392 g/mol. The fourth-order valence-corrected chi connectivity index (χ4v) is 3.07. The van der Waals surface area contributed by atoms with E-state index in [1.807, 2.05) is 25.1 Å². The highest BCUT2D eigenvalue weighted by atomic mass is 16.3. The Morgan fingerprint density at radius 2 is 1.90 bits per heavy atom. The molecule has 1 aromatic heterocycles. The summed E-state index contributed by atoms with van der Waals surface area (Å²) in [4.78, 5) is 24.1. The van der Waals surface area contributed by atoms with Crippen LogP contribution in [0.2, 0.25) is 0 Å². The summed E-state index contributed by atoms with van der Waals surface area (Å²) in [7, 11) is 0. The summed E-state index contributed by atoms with van der Waals surface area (Å²) in [5.41, 5.74) is 2.59. The van der Waals surface area contributed by atoms with Gasteiger partial charge in [-0.05, 0) is 37.6 Å². The number of amides is 2. The lowest BCUT2D eigenvalue weighted by atomic mass is 10.1. The standard InChI is InChI=1S/C22H24N4O3/c1-3-4-12-26-18-11-10-15(2)13-17(18)20(22(26)29)25-24-19(27)14-23-21(28)16-8-6-5-7-9-16/h5-11,13,29H,3-4,12,14H2,1-2H3,(H,23,28). The quantitative estimate of drug-likeness (QED) is 0.580. The second kappa shape index (κ2) is 9.14. The number of rotatable bonds is 7. The molecule has 0 spiro atoms. The van der Waals surface area contributed by atoms with Crippen molar-refractivity contribution in [3.05, 3.63) is 59.7 Å². The zero-order valence-electron chi connectivity index (χ0n) is 16.6. The van der Waals surface area contributed by atoms with Gasteiger partial charge >= 0.3 is 0 Å². The summed E-state index contributed by atoms with van der Waals surface area (Å²) in [5.74, 6) is -0.969. The number of benzene rings is 2. The Labute approximate surface area is 169 Å². The molecule has 1 heterocycles. The predicted octanol–water partition coefficient (Wildman–Crippen LogP) is 4.50. The van der Waals surface area contributed by atoms with Crippen molar-refractivity contribution < 1.29 is 14.7 Å². The first kappa shape index (κ1) is 20.3. The highest BCUT2D eigenvalue weighted by Crippen LogP contribution is 2.39. The first-order chi connectivity index (χ1) is 14.0. The number of carbonyl (C=O) groups is 2. The number of aromatic nitrogens is 1. The molecular formula is C22H24N4O3. The Morgan fingerprint density at radius 1 is 1.14 bits per heavy atom. The number of nitrogens with one attached hydrogen (secondary N) is 1. The minimum atomic E-state index is -0.601. The number of hydrogen-bond acceptors (Lipinski definition) is 4. The Bertz CT molecular complexity index is 1050. The number of fused-ring (bicyclic) bond motifs is 1. The smallest absolute Gasteiger partial charge is 0.283 e. The van der Waals surface area contributed by atoms with Crippen molar-refractivity contribution in [1.82, 2.24) is 9.88 Å². The molecule has 7 heteroatoms. The number of aryl methyl sites for hydroxylation is 2. The summed E-state index contributed by atoms with van der Waals surface area (Å²) in [6.07, 6.45) is 1.90. The van der Waals surface area contributed by atoms with E-state index >= 15 is 0 Å². The molecule has 2 aromatic carbocycles. The second-order valence-corrected chi connectivity index (χ2v) is 6.84. The van der Waals surface area contributed by atoms with Gasteiger partial charge in [-0.15, -0.1) is 10.2 Å². The molecule has 2 N–H and O–H groups in total. The lowest BCUT2D eigenvalue weighted by Crippen LogP contribution is -2.28. The van der Waals surface area contributed by atoms with Crippen molar-refractivity contribution >= 4 is 28.4 Å². The van der Waals surface area contributed by atoms with Gasteiger partial charge in [0.25, 0.3) is 11.8 Å². The third-order valence-corrected chi connectivity index (χ3v) is 4.60. The predicted molar refractivity (Wildman–Crippen MR) is 112 cm³/mol. The molecule has 0 saturated carbocycles. The topological polar surface area (TPSA) is 96.0 Å². The lowest BCUT2D eigenvalue weighted by Gasteiger charge is -2.05. The Morgan fingerprint density at radius 3 is 2.62 bits per heavy atom. The minimum Gasteiger partial charge on any atom is -0.493 e. The molecule has 150 valence electrons. The summed E-state index contributed by atoms with van der Waals surface area (Å²) in [6.45, 7) is 4.41. The SMILES string of the molecule is CCCCn1c(O)c(N=NC(=O)CNC(=O)c2ccccc2)c2cc(C)ccc21. The van der Waals surface area contributed by atoms with E-state index in [0.717, 1.165) is 29.3 Å². The first-order valence-electron chi connectivity index (χ1n) is 9.61. The third kappa shape index (κ3) is 4.68. The molecule has 29 heavy (non-hydrogen) atoms. The van der Waals surface area contributed by atoms with Crippen LogP contribution >= 0.6 is 0 Å². The van der Waals surface area contributed by atoms with Crippen LogP contribution in [0, 0.1) is 6.92 Å². The number of azo groups is 1. The van der Waals surface area contributed by atoms with E-state index < -0.39 is 5.91 Å². The molecule has 0 unspecified atom stereocenters. The van der Waals surface area contributed by atoms with Gasteiger partial charge in [0, 0.05) is 17.5 Å². The van der Waals surface area contributed by atoms with Gasteiger partial charge in [0.1, 0.15) is 6.54 Å². The fourth-order valence-electron chi connectivity index (χ4n) is 3.07. The molecular weight excluding hydrogens is 368 g/mol. The lowest BCUT2D eigenvalue weighted by molar-refractivity contribution is -0.117. The molecule has 0 saturated heterocycles. The van der Waals surface area contributed by atoms with Gasteiger partial charge in [0.05, 0.1) is 5.52 Å². The zero-order valence-corrected chi connectivity index (χ0v) is 16.6. The summed E-state index contributed by atoms with van der Waals surface area (Å²) < 4.78 is 1.79. The van der Waals surface area contributed by atoms with E-state index in [2.05, 4.69) is 22.5 Å². The van der Waals surface area contributed by atoms with E-state index in [4.69, 9.17) is 0 Å². The molecule has 7 nitrogen and oxygen atoms in total. The van der Waals surface area contributed by atoms with Crippen molar-refractivity contribution in [2.45, 2.75) is 33.2 Å². The summed E-state index contributed by atoms with van der Waals surface area (Å²) in [5, 5.41) is 21.6. The molecule has 0 bridgehead atoms. The van der Waals surface area contributed by atoms with Crippen LogP contribution in [0.25, 0.3) is 10.9 Å². The third-order valence-electron chi connectivity index (χ3n) is 4.60. The maximum Gasteiger partial charge on any atom is 0.283 e. The highest BCUT2D eigenvalue weighted by molar-refractivity contribution is 5.97. The minimum absolute atomic E-state index is 0.0103. The van der Waals surface area contributed by atoms with Gasteiger partial charge in [-0.2, -0.15) is 0 Å². The zero-order chi connectivity index (χ0) is 20.8. The van der Waals surface area contributed by atoms with Crippen molar-refractivity contribution in [1.29, 1.82) is 0 Å². The van der Waals surface area contributed by atoms with E-state index in [0.29, 0.717) is 12.1 Å². The van der Waals surface area contributed by atoms with E-state index in [1.165, 1.54) is 0 Å². The molecule has 0 aliphatic rings. The molecule has 3 aromatic rings. The molecule has 2 amide bonds. The van der Waals surface area contributed by atoms with E-state index in [9.17, 15) is 14.7 Å². The number of aromatic hydroxyl groups is 1. The van der Waals surface area contributed by atoms with Crippen LogP contribution in [0.5, 0.6) is 5.88 Å². The van der Waals surface area contributed by atoms with E-state index in [-0.39, 0.29) is 24.0 Å². The summed E-state index contributed by atoms with van der Waals surface area (Å²) in [6, 6.07) is 14.4. The van der Waals surface area contributed by atoms with Crippen molar-refractivity contribution in [2.75, 3.05) is 6.54 Å². The van der Waals surface area contributed by atoms with Crippen LogP contribution < -0.4 is 5.32 Å². The average Bonchev–Trinajstić information content (AvgIpc) is 2.99. The van der Waals surface area contributed by atoms with Crippen LogP contribution in [0.15, 0.2) is 58.8 Å². The Hall–Kier alpha value is -3.48. The van der Waals surface area contributed by atoms with Gasteiger partial charge in [-0.25, -0.2) is 0 Å². The van der Waals surface area contributed by atoms with Gasteiger partial charge in [0.15, 0.2) is 5.69 Å². The van der Waals surface area contributed by atoms with Crippen LogP contribution in [0.4, 0.5) is 5.69 Å². The number of carbonyl (C=O) groups excluding carboxylic acids is 2. The fraction of sp³-hybridized carbons (Fsp3) is 0.273. The Balaban J connectivity index is 1.77. The number of unbranched alkanes of at least 4 members (excludes halogenated alkanes) is 1. The monoisotopic (exact) mass is 392 g/mol. The highest BCUT2D eigenvalue weighted by Gasteiger charge is 2.17. The van der Waals surface area contributed by atoms with E-state index in [1.54, 1.807) is 34.9 Å². The largest absolute Gasteiger partial charge is 0.493 e. The molecule has 0 atom stereocenters. The molecule has 0 aliphatic heterocycles. The number of hydrogen-bond donors (Lipinski definition) is 2. The molecule has 0 fully saturated rings. The normalized spacial score (nSPS) is 11.2. The first-order valence-corrected chi connectivity index (χ1v) is 9.61. The maximum absolute atomic E-state index is 12.1. The maximum atomic E-state index is 12.1. The van der Waals surface area contributed by atoms with Crippen LogP contribution in [0.1, 0.15) is 35.7 Å². The van der Waals surface area contributed by atoms with Gasteiger partial charge in [-0.1, -0.05) is 43.2 Å². The number of nitrogens with zero attached hydrogens (tertiary/aromatic N) is 3. The Kier molecular flexibility index (Phi) is 6.39.